The Morgan fingerprint density at radius 1 is 1.19 bits per heavy atom. The summed E-state index contributed by atoms with van der Waals surface area (Å²) in [4.78, 5) is 34.5. The van der Waals surface area contributed by atoms with Gasteiger partial charge in [0.2, 0.25) is 0 Å². The third-order valence-corrected chi connectivity index (χ3v) is 7.12. The number of nitriles is 1. The molecule has 15 heteroatoms. The van der Waals surface area contributed by atoms with Crippen LogP contribution in [0, 0.1) is 23.0 Å². The summed E-state index contributed by atoms with van der Waals surface area (Å²) in [6, 6.07) is 7.23. The zero-order chi connectivity index (χ0) is 31.1. The summed E-state index contributed by atoms with van der Waals surface area (Å²) in [5.74, 6) is -5.39. The smallest absolute Gasteiger partial charge is 0.416 e. The number of benzene rings is 2. The van der Waals surface area contributed by atoms with E-state index in [1.165, 1.54) is 38.0 Å². The Balaban J connectivity index is 1.79. The number of hydrogen-bond acceptors (Lipinski definition) is 7. The van der Waals surface area contributed by atoms with Crippen molar-refractivity contribution >= 4 is 29.1 Å². The van der Waals surface area contributed by atoms with Crippen molar-refractivity contribution in [3.05, 3.63) is 87.5 Å². The van der Waals surface area contributed by atoms with Crippen molar-refractivity contribution in [1.82, 2.24) is 20.0 Å². The number of amides is 2. The number of likely N-dealkylation sites (N-methyl/N-ethyl adjacent to an activating group) is 1. The highest BCUT2D eigenvalue weighted by Crippen LogP contribution is 2.39. The average molecular weight is 607 g/mol. The maximum absolute atomic E-state index is 14.4. The molecule has 218 valence electrons. The monoisotopic (exact) mass is 606 g/mol. The number of carbonyl (C=O) groups excluding carboxylic acids is 2. The minimum absolute atomic E-state index is 0.219. The van der Waals surface area contributed by atoms with Crippen molar-refractivity contribution in [2.75, 3.05) is 12.4 Å². The Hall–Kier alpha value is -4.61. The number of nitrogens with zero attached hydrogens (tertiary/aromatic N) is 5. The van der Waals surface area contributed by atoms with Crippen molar-refractivity contribution in [2.45, 2.75) is 32.1 Å². The molecule has 0 radical (unpaired) electrons. The van der Waals surface area contributed by atoms with Crippen molar-refractivity contribution in [3.63, 3.8) is 0 Å². The number of hydrazine groups is 1. The summed E-state index contributed by atoms with van der Waals surface area (Å²) in [6.45, 7) is 2.38. The lowest BCUT2D eigenvalue weighted by Gasteiger charge is -2.46. The molecule has 0 saturated carbocycles. The predicted molar refractivity (Wildman–Crippen MR) is 139 cm³/mol. The molecule has 0 saturated heterocycles. The molecule has 1 aliphatic rings. The predicted octanol–water partition coefficient (Wildman–Crippen LogP) is 5.38. The topological polar surface area (TPSA) is 122 Å². The van der Waals surface area contributed by atoms with Crippen LogP contribution >= 0.6 is 11.6 Å². The van der Waals surface area contributed by atoms with E-state index in [1.54, 1.807) is 6.07 Å². The molecule has 0 unspecified atom stereocenters. The minimum atomic E-state index is -4.81. The van der Waals surface area contributed by atoms with E-state index in [-0.39, 0.29) is 28.2 Å². The molecule has 2 aromatic carbocycles. The van der Waals surface area contributed by atoms with Crippen LogP contribution in [0.15, 0.2) is 54.1 Å². The number of aromatic nitrogens is 2. The third kappa shape index (κ3) is 5.36. The molecule has 0 atom stereocenters. The summed E-state index contributed by atoms with van der Waals surface area (Å²) >= 11 is 6.17. The van der Waals surface area contributed by atoms with E-state index in [0.717, 1.165) is 23.5 Å². The molecular weight excluding hydrogens is 587 g/mol. The number of aliphatic hydroxyl groups excluding tert-OH is 1. The van der Waals surface area contributed by atoms with Crippen molar-refractivity contribution in [2.24, 2.45) is 0 Å². The van der Waals surface area contributed by atoms with Gasteiger partial charge in [-0.15, -0.1) is 0 Å². The fourth-order valence-electron chi connectivity index (χ4n) is 4.19. The molecule has 3 aromatic rings. The molecule has 0 spiro atoms. The highest BCUT2D eigenvalue weighted by molar-refractivity contribution is 6.34. The number of nitrogens with one attached hydrogen (secondary N) is 1. The maximum Gasteiger partial charge on any atom is 0.416 e. The van der Waals surface area contributed by atoms with Crippen LogP contribution in [0.3, 0.4) is 0 Å². The molecule has 2 amide bonds. The van der Waals surface area contributed by atoms with Gasteiger partial charge in [0.25, 0.3) is 11.8 Å². The third-order valence-electron chi connectivity index (χ3n) is 6.76. The molecule has 2 heterocycles. The van der Waals surface area contributed by atoms with Crippen LogP contribution in [-0.4, -0.2) is 49.5 Å². The van der Waals surface area contributed by atoms with E-state index in [2.05, 4.69) is 15.3 Å². The average Bonchev–Trinajstić information content (AvgIpc) is 2.92. The van der Waals surface area contributed by atoms with Crippen LogP contribution in [0.2, 0.25) is 5.02 Å². The summed E-state index contributed by atoms with van der Waals surface area (Å²) in [5.41, 5.74) is -4.90. The minimum Gasteiger partial charge on any atom is -0.509 e. The van der Waals surface area contributed by atoms with E-state index >= 15 is 0 Å². The van der Waals surface area contributed by atoms with Crippen LogP contribution in [0.25, 0.3) is 11.3 Å². The lowest BCUT2D eigenvalue weighted by Crippen LogP contribution is -2.60. The largest absolute Gasteiger partial charge is 0.509 e. The zero-order valence-corrected chi connectivity index (χ0v) is 22.8. The van der Waals surface area contributed by atoms with Gasteiger partial charge in [-0.25, -0.2) is 23.8 Å². The van der Waals surface area contributed by atoms with Crippen LogP contribution in [-0.2, 0) is 22.3 Å². The number of hydrogen-bond donors (Lipinski definition) is 2. The first-order valence-electron chi connectivity index (χ1n) is 11.9. The molecule has 9 nitrogen and oxygen atoms in total. The Kier molecular flexibility index (Phi) is 7.94. The van der Waals surface area contributed by atoms with Gasteiger partial charge in [0.1, 0.15) is 28.8 Å². The first-order valence-corrected chi connectivity index (χ1v) is 12.3. The molecule has 1 aromatic heterocycles. The first kappa shape index (κ1) is 30.4. The quantitative estimate of drug-likeness (QED) is 0.295. The molecule has 2 N–H and O–H groups in total. The maximum atomic E-state index is 14.4. The zero-order valence-electron chi connectivity index (χ0n) is 22.0. The lowest BCUT2D eigenvalue weighted by atomic mass is 9.93. The number of alkyl halides is 3. The summed E-state index contributed by atoms with van der Waals surface area (Å²) in [5, 5.41) is 24.3. The van der Waals surface area contributed by atoms with Crippen LogP contribution in [0.5, 0.6) is 0 Å². The summed E-state index contributed by atoms with van der Waals surface area (Å²) in [7, 11) is 1.39. The number of anilines is 1. The number of carbonyl (C=O) groups is 2. The van der Waals surface area contributed by atoms with Crippen LogP contribution in [0.1, 0.15) is 30.7 Å². The first-order chi connectivity index (χ1) is 19.6. The molecular formula is C27H20ClF5N6O3. The van der Waals surface area contributed by atoms with Gasteiger partial charge in [-0.2, -0.15) is 18.4 Å². The second-order valence-corrected chi connectivity index (χ2v) is 9.97. The Bertz CT molecular complexity index is 1690. The number of halogens is 6. The van der Waals surface area contributed by atoms with Crippen LogP contribution in [0.4, 0.5) is 27.6 Å². The molecule has 42 heavy (non-hydrogen) atoms. The van der Waals surface area contributed by atoms with Crippen LogP contribution < -0.4 is 5.32 Å². The Labute approximate surface area is 240 Å². The molecule has 0 bridgehead atoms. The Morgan fingerprint density at radius 3 is 2.52 bits per heavy atom. The fourth-order valence-corrected chi connectivity index (χ4v) is 4.43. The van der Waals surface area contributed by atoms with Crippen molar-refractivity contribution in [1.29, 1.82) is 5.26 Å². The van der Waals surface area contributed by atoms with Crippen molar-refractivity contribution in [3.8, 4) is 17.3 Å². The van der Waals surface area contributed by atoms with E-state index in [4.69, 9.17) is 11.6 Å². The van der Waals surface area contributed by atoms with Gasteiger partial charge in [0, 0.05) is 18.2 Å². The van der Waals surface area contributed by atoms with Gasteiger partial charge < -0.3 is 10.4 Å². The normalized spacial score (nSPS) is 15.5. The van der Waals surface area contributed by atoms with Crippen molar-refractivity contribution < 1.29 is 36.6 Å². The van der Waals surface area contributed by atoms with Gasteiger partial charge in [-0.1, -0.05) is 23.7 Å². The standard InChI is InChI=1S/C27H20ClF5N6O3/c1-26(2)23(40)19(25(42)39(38(26)3)11-13-5-4-6-16(29)21(13)30)24(41)37-17-8-7-14(27(31,32)33)9-15(17)22-20(28)18(10-34)35-12-36-22/h4-9,12,40H,11H2,1-3H3,(H,37,41). The Morgan fingerprint density at radius 2 is 1.88 bits per heavy atom. The SMILES string of the molecule is CN1N(Cc2cccc(F)c2F)C(=O)C(C(=O)Nc2ccc(C(F)(F)F)cc2-c2ncnc(C#N)c2Cl)=C(O)C1(C)C. The fraction of sp³-hybridized carbons (Fsp3) is 0.222. The van der Waals surface area contributed by atoms with Gasteiger partial charge in [-0.3, -0.25) is 14.6 Å². The second kappa shape index (κ2) is 11.0. The summed E-state index contributed by atoms with van der Waals surface area (Å²) < 4.78 is 69.0. The van der Waals surface area contributed by atoms with Gasteiger partial charge in [0.05, 0.1) is 29.0 Å². The van der Waals surface area contributed by atoms with E-state index in [0.29, 0.717) is 12.1 Å². The van der Waals surface area contributed by atoms with E-state index in [1.807, 2.05) is 0 Å². The molecule has 4 rings (SSSR count). The number of rotatable bonds is 5. The molecule has 0 aliphatic carbocycles. The highest BCUT2D eigenvalue weighted by atomic mass is 35.5. The second-order valence-electron chi connectivity index (χ2n) is 9.59. The number of aliphatic hydroxyl groups is 1. The molecule has 0 fully saturated rings. The van der Waals surface area contributed by atoms with Gasteiger partial charge in [-0.05, 0) is 38.1 Å². The van der Waals surface area contributed by atoms with Gasteiger partial charge >= 0.3 is 6.18 Å². The highest BCUT2D eigenvalue weighted by Gasteiger charge is 2.46. The lowest BCUT2D eigenvalue weighted by molar-refractivity contribution is -0.160. The molecule has 1 aliphatic heterocycles. The summed E-state index contributed by atoms with van der Waals surface area (Å²) in [6.07, 6.45) is -3.91. The van der Waals surface area contributed by atoms with E-state index < -0.39 is 63.6 Å². The van der Waals surface area contributed by atoms with Gasteiger partial charge in [0.15, 0.2) is 17.3 Å². The van der Waals surface area contributed by atoms with E-state index in [9.17, 15) is 41.9 Å².